The Balaban J connectivity index is 2.51. The zero-order chi connectivity index (χ0) is 12.8. The molecule has 0 amide bonds. The predicted octanol–water partition coefficient (Wildman–Crippen LogP) is 3.24. The highest BCUT2D eigenvalue weighted by Gasteiger charge is 2.09. The molecule has 1 aromatic rings. The summed E-state index contributed by atoms with van der Waals surface area (Å²) < 4.78 is 0. The number of hydrogen-bond donors (Lipinski definition) is 2. The first-order valence-corrected chi connectivity index (χ1v) is 6.02. The van der Waals surface area contributed by atoms with Crippen LogP contribution in [0.3, 0.4) is 0 Å². The van der Waals surface area contributed by atoms with Crippen LogP contribution in [0.25, 0.3) is 0 Å². The molecule has 0 aromatic heterocycles. The molecule has 0 aliphatic rings. The van der Waals surface area contributed by atoms with Gasteiger partial charge in [-0.25, -0.2) is 4.79 Å². The van der Waals surface area contributed by atoms with E-state index in [-0.39, 0.29) is 5.56 Å². The molecular weight excluding hydrogens is 216 g/mol. The number of carbonyl (C=O) groups is 1. The van der Waals surface area contributed by atoms with Gasteiger partial charge < -0.3 is 10.2 Å². The molecule has 0 fully saturated rings. The Labute approximate surface area is 102 Å². The van der Waals surface area contributed by atoms with E-state index in [9.17, 15) is 9.90 Å². The van der Waals surface area contributed by atoms with E-state index in [4.69, 9.17) is 5.11 Å². The molecule has 3 nitrogen and oxygen atoms in total. The Morgan fingerprint density at radius 2 is 1.76 bits per heavy atom. The zero-order valence-electron chi connectivity index (χ0n) is 10.4. The van der Waals surface area contributed by atoms with E-state index >= 15 is 0 Å². The Morgan fingerprint density at radius 1 is 1.18 bits per heavy atom. The zero-order valence-corrected chi connectivity index (χ0v) is 10.4. The molecule has 0 aliphatic heterocycles. The van der Waals surface area contributed by atoms with Crippen molar-refractivity contribution in [3.63, 3.8) is 0 Å². The van der Waals surface area contributed by atoms with E-state index in [1.807, 2.05) is 0 Å². The highest BCUT2D eigenvalue weighted by atomic mass is 16.4. The summed E-state index contributed by atoms with van der Waals surface area (Å²) in [6, 6.07) is 6.43. The maximum atomic E-state index is 10.7. The maximum Gasteiger partial charge on any atom is 0.335 e. The van der Waals surface area contributed by atoms with E-state index in [1.54, 1.807) is 12.1 Å². The average Bonchev–Trinajstić information content (AvgIpc) is 2.28. The molecule has 0 heterocycles. The topological polar surface area (TPSA) is 57.5 Å². The Kier molecular flexibility index (Phi) is 5.16. The lowest BCUT2D eigenvalue weighted by Crippen LogP contribution is -2.01. The summed E-state index contributed by atoms with van der Waals surface area (Å²) in [5, 5.41) is 18.7. The van der Waals surface area contributed by atoms with Crippen LogP contribution in [-0.4, -0.2) is 16.2 Å². The van der Waals surface area contributed by atoms with Crippen LogP contribution >= 0.6 is 0 Å². The van der Waals surface area contributed by atoms with Gasteiger partial charge in [-0.1, -0.05) is 38.8 Å². The summed E-state index contributed by atoms with van der Waals surface area (Å²) in [6.07, 6.45) is 2.32. The molecule has 2 N–H and O–H groups in total. The molecule has 0 aliphatic carbocycles. The molecule has 0 radical (unpaired) electrons. The first-order chi connectivity index (χ1) is 8.00. The van der Waals surface area contributed by atoms with Crippen LogP contribution in [-0.2, 0) is 0 Å². The Morgan fingerprint density at radius 3 is 2.24 bits per heavy atom. The van der Waals surface area contributed by atoms with Crippen LogP contribution in [0.1, 0.15) is 55.1 Å². The van der Waals surface area contributed by atoms with E-state index in [1.165, 1.54) is 12.1 Å². The van der Waals surface area contributed by atoms with Crippen molar-refractivity contribution in [3.8, 4) is 0 Å². The number of rotatable bonds is 6. The molecule has 0 bridgehead atoms. The summed E-state index contributed by atoms with van der Waals surface area (Å²) in [6.45, 7) is 4.32. The van der Waals surface area contributed by atoms with Crippen LogP contribution in [0.5, 0.6) is 0 Å². The van der Waals surface area contributed by atoms with Crippen molar-refractivity contribution in [3.05, 3.63) is 35.4 Å². The Bertz CT molecular complexity index is 354. The van der Waals surface area contributed by atoms with E-state index in [2.05, 4.69) is 13.8 Å². The van der Waals surface area contributed by atoms with Gasteiger partial charge in [0.25, 0.3) is 0 Å². The highest BCUT2D eigenvalue weighted by Crippen LogP contribution is 2.21. The maximum absolute atomic E-state index is 10.7. The summed E-state index contributed by atoms with van der Waals surface area (Å²) in [4.78, 5) is 10.7. The summed E-state index contributed by atoms with van der Waals surface area (Å²) in [5.41, 5.74) is 1.04. The number of aromatic carboxylic acids is 1. The molecule has 0 saturated heterocycles. The molecule has 0 saturated carbocycles. The van der Waals surface area contributed by atoms with Crippen LogP contribution in [0.15, 0.2) is 24.3 Å². The predicted molar refractivity (Wildman–Crippen MR) is 67.1 cm³/mol. The third-order valence-corrected chi connectivity index (χ3v) is 2.80. The SMILES string of the molecule is CC(C)CCCC(O)c1ccc(C(=O)O)cc1. The third kappa shape index (κ3) is 4.57. The Hall–Kier alpha value is -1.35. The molecule has 1 rings (SSSR count). The van der Waals surface area contributed by atoms with Crippen molar-refractivity contribution < 1.29 is 15.0 Å². The molecule has 3 heteroatoms. The largest absolute Gasteiger partial charge is 0.478 e. The van der Waals surface area contributed by atoms with Crippen LogP contribution in [0.4, 0.5) is 0 Å². The van der Waals surface area contributed by atoms with Gasteiger partial charge in [-0.3, -0.25) is 0 Å². The van der Waals surface area contributed by atoms with Crippen LogP contribution in [0, 0.1) is 5.92 Å². The summed E-state index contributed by atoms with van der Waals surface area (Å²) in [5.74, 6) is -0.289. The average molecular weight is 236 g/mol. The van der Waals surface area contributed by atoms with Crippen molar-refractivity contribution in [2.75, 3.05) is 0 Å². The minimum Gasteiger partial charge on any atom is -0.478 e. The van der Waals surface area contributed by atoms with Gasteiger partial charge in [0.15, 0.2) is 0 Å². The quantitative estimate of drug-likeness (QED) is 0.797. The second-order valence-electron chi connectivity index (χ2n) is 4.77. The fraction of sp³-hybridized carbons (Fsp3) is 0.500. The van der Waals surface area contributed by atoms with Gasteiger partial charge in [-0.15, -0.1) is 0 Å². The van der Waals surface area contributed by atoms with Crippen molar-refractivity contribution in [2.24, 2.45) is 5.92 Å². The number of benzene rings is 1. The smallest absolute Gasteiger partial charge is 0.335 e. The fourth-order valence-corrected chi connectivity index (χ4v) is 1.73. The van der Waals surface area contributed by atoms with Gasteiger partial charge >= 0.3 is 5.97 Å². The number of carboxylic acid groups (broad SMARTS) is 1. The lowest BCUT2D eigenvalue weighted by atomic mass is 9.99. The lowest BCUT2D eigenvalue weighted by Gasteiger charge is -2.12. The number of aliphatic hydroxyl groups is 1. The van der Waals surface area contributed by atoms with Crippen molar-refractivity contribution in [2.45, 2.75) is 39.2 Å². The third-order valence-electron chi connectivity index (χ3n) is 2.80. The summed E-state index contributed by atoms with van der Waals surface area (Å²) >= 11 is 0. The van der Waals surface area contributed by atoms with Crippen molar-refractivity contribution >= 4 is 5.97 Å². The van der Waals surface area contributed by atoms with Gasteiger partial charge in [0.1, 0.15) is 0 Å². The monoisotopic (exact) mass is 236 g/mol. The minimum atomic E-state index is -0.939. The fourth-order valence-electron chi connectivity index (χ4n) is 1.73. The molecule has 1 aromatic carbocycles. The first-order valence-electron chi connectivity index (χ1n) is 6.02. The number of aliphatic hydroxyl groups excluding tert-OH is 1. The highest BCUT2D eigenvalue weighted by molar-refractivity contribution is 5.87. The standard InChI is InChI=1S/C14H20O3/c1-10(2)4-3-5-13(15)11-6-8-12(9-7-11)14(16)17/h6-10,13,15H,3-5H2,1-2H3,(H,16,17). The van der Waals surface area contributed by atoms with Gasteiger partial charge in [0.05, 0.1) is 11.7 Å². The molecule has 1 unspecified atom stereocenters. The molecule has 94 valence electrons. The normalized spacial score (nSPS) is 12.7. The first kappa shape index (κ1) is 13.7. The van der Waals surface area contributed by atoms with Gasteiger partial charge in [-0.05, 0) is 30.0 Å². The molecule has 1 atom stereocenters. The van der Waals surface area contributed by atoms with Gasteiger partial charge in [-0.2, -0.15) is 0 Å². The second kappa shape index (κ2) is 6.40. The summed E-state index contributed by atoms with van der Waals surface area (Å²) in [7, 11) is 0. The van der Waals surface area contributed by atoms with Gasteiger partial charge in [0.2, 0.25) is 0 Å². The van der Waals surface area contributed by atoms with Crippen LogP contribution in [0.2, 0.25) is 0 Å². The second-order valence-corrected chi connectivity index (χ2v) is 4.77. The molecule has 17 heavy (non-hydrogen) atoms. The number of carboxylic acids is 1. The van der Waals surface area contributed by atoms with Gasteiger partial charge in [0, 0.05) is 0 Å². The van der Waals surface area contributed by atoms with E-state index in [0.717, 1.165) is 24.8 Å². The lowest BCUT2D eigenvalue weighted by molar-refractivity contribution is 0.0696. The van der Waals surface area contributed by atoms with E-state index in [0.29, 0.717) is 5.92 Å². The van der Waals surface area contributed by atoms with Crippen molar-refractivity contribution in [1.29, 1.82) is 0 Å². The molecular formula is C14H20O3. The molecule has 0 spiro atoms. The van der Waals surface area contributed by atoms with Crippen LogP contribution < -0.4 is 0 Å². The van der Waals surface area contributed by atoms with Crippen molar-refractivity contribution in [1.82, 2.24) is 0 Å². The van der Waals surface area contributed by atoms with E-state index < -0.39 is 12.1 Å². The number of hydrogen-bond acceptors (Lipinski definition) is 2. The minimum absolute atomic E-state index is 0.253.